The zero-order valence-electron chi connectivity index (χ0n) is 18.0. The molecule has 4 rings (SSSR count). The summed E-state index contributed by atoms with van der Waals surface area (Å²) in [5, 5.41) is 4.25. The highest BCUT2D eigenvalue weighted by molar-refractivity contribution is 5.95. The van der Waals surface area contributed by atoms with Gasteiger partial charge in [0.2, 0.25) is 5.95 Å². The number of nitrogens with zero attached hydrogens (tertiary/aromatic N) is 3. The summed E-state index contributed by atoms with van der Waals surface area (Å²) in [7, 11) is 3.40. The lowest BCUT2D eigenvalue weighted by Crippen LogP contribution is -2.34. The predicted octanol–water partition coefficient (Wildman–Crippen LogP) is 4.69. The summed E-state index contributed by atoms with van der Waals surface area (Å²) in [6.45, 7) is -0.172. The molecule has 1 aromatic heterocycles. The van der Waals surface area contributed by atoms with Crippen molar-refractivity contribution in [2.45, 2.75) is 38.1 Å². The van der Waals surface area contributed by atoms with E-state index in [1.54, 1.807) is 0 Å². The van der Waals surface area contributed by atoms with Crippen molar-refractivity contribution in [3.05, 3.63) is 48.5 Å². The molecule has 0 aliphatic heterocycles. The molecule has 1 saturated carbocycles. The monoisotopic (exact) mass is 420 g/mol. The van der Waals surface area contributed by atoms with E-state index in [4.69, 9.17) is 19.4 Å². The van der Waals surface area contributed by atoms with Crippen LogP contribution in [0.2, 0.25) is 0 Å². The number of ether oxygens (including phenoxy) is 2. The number of nitrogens with one attached hydrogen (secondary N) is 1. The van der Waals surface area contributed by atoms with Crippen molar-refractivity contribution < 1.29 is 14.3 Å². The second kappa shape index (κ2) is 9.64. The minimum atomic E-state index is -0.437. The van der Waals surface area contributed by atoms with Gasteiger partial charge < -0.3 is 19.7 Å². The summed E-state index contributed by atoms with van der Waals surface area (Å²) in [5.41, 5.74) is 1.60. The highest BCUT2D eigenvalue weighted by atomic mass is 16.6. The minimum absolute atomic E-state index is 0.172. The molecule has 0 saturated heterocycles. The first-order valence-corrected chi connectivity index (χ1v) is 10.7. The van der Waals surface area contributed by atoms with Gasteiger partial charge in [-0.1, -0.05) is 43.5 Å². The molecule has 1 N–H and O–H groups in total. The number of rotatable bonds is 7. The molecular formula is C24H28N4O3. The molecule has 7 heteroatoms. The Hall–Kier alpha value is -3.35. The smallest absolute Gasteiger partial charge is 0.343 e. The van der Waals surface area contributed by atoms with Crippen LogP contribution in [0.3, 0.4) is 0 Å². The third kappa shape index (κ3) is 4.87. The van der Waals surface area contributed by atoms with E-state index >= 15 is 0 Å². The Labute approximate surface area is 182 Å². The van der Waals surface area contributed by atoms with E-state index in [2.05, 4.69) is 17.3 Å². The third-order valence-electron chi connectivity index (χ3n) is 5.73. The van der Waals surface area contributed by atoms with Gasteiger partial charge in [0.25, 0.3) is 0 Å². The molecular weight excluding hydrogens is 392 g/mol. The Bertz CT molecular complexity index is 1040. The molecule has 1 aliphatic carbocycles. The summed E-state index contributed by atoms with van der Waals surface area (Å²) in [5.74, 6) is 1.44. The van der Waals surface area contributed by atoms with Crippen molar-refractivity contribution in [1.82, 2.24) is 9.97 Å². The highest BCUT2D eigenvalue weighted by Gasteiger charge is 2.22. The molecule has 0 unspecified atom stereocenters. The fourth-order valence-corrected chi connectivity index (χ4v) is 3.97. The van der Waals surface area contributed by atoms with Crippen LogP contribution in [0.5, 0.6) is 5.75 Å². The molecule has 0 amide bonds. The standard InChI is InChI=1S/C24H28N4O3/c1-28(18-12-7-4-8-13-18)24-26-22-19(14-9-15-20(22)31-16-21(29)30-2)23(27-24)25-17-10-5-3-6-11-17/h3,5-6,9-11,14-15,18H,4,7-8,12-13,16H2,1-2H3,(H,25,26,27). The SMILES string of the molecule is COC(=O)COc1cccc2c(Nc3ccccc3)nc(N(C)C3CCCCC3)nc12. The Balaban J connectivity index is 1.76. The number of para-hydroxylation sites is 2. The highest BCUT2D eigenvalue weighted by Crippen LogP contribution is 2.33. The van der Waals surface area contributed by atoms with Crippen molar-refractivity contribution in [1.29, 1.82) is 0 Å². The summed E-state index contributed by atoms with van der Waals surface area (Å²) in [6, 6.07) is 16.0. The predicted molar refractivity (Wildman–Crippen MR) is 122 cm³/mol. The first kappa shape index (κ1) is 20.9. The van der Waals surface area contributed by atoms with E-state index in [-0.39, 0.29) is 6.61 Å². The largest absolute Gasteiger partial charge is 0.480 e. The van der Waals surface area contributed by atoms with E-state index in [1.807, 2.05) is 48.5 Å². The van der Waals surface area contributed by atoms with Gasteiger partial charge in [0.05, 0.1) is 7.11 Å². The minimum Gasteiger partial charge on any atom is -0.480 e. The second-order valence-corrected chi connectivity index (χ2v) is 7.78. The van der Waals surface area contributed by atoms with Gasteiger partial charge in [0.15, 0.2) is 6.61 Å². The Morgan fingerprint density at radius 1 is 1.06 bits per heavy atom. The van der Waals surface area contributed by atoms with Gasteiger partial charge in [-0.05, 0) is 37.1 Å². The summed E-state index contributed by atoms with van der Waals surface area (Å²) in [4.78, 5) is 23.5. The second-order valence-electron chi connectivity index (χ2n) is 7.78. The van der Waals surface area contributed by atoms with E-state index in [1.165, 1.54) is 26.4 Å². The van der Waals surface area contributed by atoms with Gasteiger partial charge in [0.1, 0.15) is 17.1 Å². The normalized spacial score (nSPS) is 14.3. The quantitative estimate of drug-likeness (QED) is 0.556. The first-order valence-electron chi connectivity index (χ1n) is 10.7. The molecule has 162 valence electrons. The molecule has 0 atom stereocenters. The van der Waals surface area contributed by atoms with Crippen LogP contribution < -0.4 is 15.0 Å². The van der Waals surface area contributed by atoms with Gasteiger partial charge in [-0.3, -0.25) is 0 Å². The Morgan fingerprint density at radius 2 is 1.84 bits per heavy atom. The van der Waals surface area contributed by atoms with Crippen LogP contribution in [0.1, 0.15) is 32.1 Å². The molecule has 1 heterocycles. The molecule has 0 radical (unpaired) electrons. The van der Waals surface area contributed by atoms with E-state index < -0.39 is 5.97 Å². The molecule has 0 spiro atoms. The molecule has 2 aromatic carbocycles. The van der Waals surface area contributed by atoms with Gasteiger partial charge in [-0.25, -0.2) is 9.78 Å². The van der Waals surface area contributed by atoms with E-state index in [9.17, 15) is 4.79 Å². The number of carbonyl (C=O) groups is 1. The zero-order valence-corrected chi connectivity index (χ0v) is 18.0. The first-order chi connectivity index (χ1) is 15.2. The van der Waals surface area contributed by atoms with Crippen molar-refractivity contribution in [3.63, 3.8) is 0 Å². The zero-order chi connectivity index (χ0) is 21.6. The maximum atomic E-state index is 11.6. The Morgan fingerprint density at radius 3 is 2.58 bits per heavy atom. The van der Waals surface area contributed by atoms with Crippen LogP contribution in [-0.2, 0) is 9.53 Å². The average molecular weight is 421 g/mol. The number of benzene rings is 2. The molecule has 7 nitrogen and oxygen atoms in total. The number of fused-ring (bicyclic) bond motifs is 1. The number of hydrogen-bond acceptors (Lipinski definition) is 7. The van der Waals surface area contributed by atoms with E-state index in [0.717, 1.165) is 23.9 Å². The lowest BCUT2D eigenvalue weighted by atomic mass is 9.95. The molecule has 31 heavy (non-hydrogen) atoms. The number of aromatic nitrogens is 2. The number of anilines is 3. The van der Waals surface area contributed by atoms with Crippen LogP contribution in [0.15, 0.2) is 48.5 Å². The van der Waals surface area contributed by atoms with Crippen LogP contribution in [0, 0.1) is 0 Å². The fourth-order valence-electron chi connectivity index (χ4n) is 3.97. The van der Waals surface area contributed by atoms with Crippen LogP contribution in [0.25, 0.3) is 10.9 Å². The number of methoxy groups -OCH3 is 1. The molecule has 3 aromatic rings. The van der Waals surface area contributed by atoms with Gasteiger partial charge in [-0.2, -0.15) is 4.98 Å². The molecule has 1 fully saturated rings. The maximum absolute atomic E-state index is 11.6. The average Bonchev–Trinajstić information content (AvgIpc) is 2.83. The van der Waals surface area contributed by atoms with Crippen molar-refractivity contribution in [2.75, 3.05) is 31.0 Å². The molecule has 0 bridgehead atoms. The van der Waals surface area contributed by atoms with Crippen molar-refractivity contribution in [2.24, 2.45) is 0 Å². The lowest BCUT2D eigenvalue weighted by Gasteiger charge is -2.31. The lowest BCUT2D eigenvalue weighted by molar-refractivity contribution is -0.142. The number of hydrogen-bond donors (Lipinski definition) is 1. The number of carbonyl (C=O) groups excluding carboxylic acids is 1. The topological polar surface area (TPSA) is 76.6 Å². The van der Waals surface area contributed by atoms with Crippen LogP contribution >= 0.6 is 0 Å². The fraction of sp³-hybridized carbons (Fsp3) is 0.375. The van der Waals surface area contributed by atoms with Crippen molar-refractivity contribution in [3.8, 4) is 5.75 Å². The maximum Gasteiger partial charge on any atom is 0.343 e. The third-order valence-corrected chi connectivity index (χ3v) is 5.73. The van der Waals surface area contributed by atoms with Crippen molar-refractivity contribution >= 4 is 34.3 Å². The van der Waals surface area contributed by atoms with E-state index in [0.29, 0.717) is 29.1 Å². The molecule has 1 aliphatic rings. The van der Waals surface area contributed by atoms with Crippen LogP contribution in [-0.4, -0.2) is 42.7 Å². The van der Waals surface area contributed by atoms with Gasteiger partial charge >= 0.3 is 5.97 Å². The Kier molecular flexibility index (Phi) is 6.50. The summed E-state index contributed by atoms with van der Waals surface area (Å²) < 4.78 is 10.5. The summed E-state index contributed by atoms with van der Waals surface area (Å²) >= 11 is 0. The summed E-state index contributed by atoms with van der Waals surface area (Å²) in [6.07, 6.45) is 6.02. The van der Waals surface area contributed by atoms with Gasteiger partial charge in [0, 0.05) is 24.2 Å². The van der Waals surface area contributed by atoms with Crippen LogP contribution in [0.4, 0.5) is 17.5 Å². The van der Waals surface area contributed by atoms with Gasteiger partial charge in [-0.15, -0.1) is 0 Å². The number of esters is 1.